The number of hydrogen-bond acceptors (Lipinski definition) is 5. The summed E-state index contributed by atoms with van der Waals surface area (Å²) in [5.41, 5.74) is -2.22. The molecule has 0 bridgehead atoms. The Balaban J connectivity index is 1.64. The number of hydrogen-bond donors (Lipinski definition) is 2. The minimum absolute atomic E-state index is 0.106. The number of nitrogens with zero attached hydrogens (tertiary/aromatic N) is 2. The van der Waals surface area contributed by atoms with Gasteiger partial charge in [0.05, 0.1) is 30.0 Å². The summed E-state index contributed by atoms with van der Waals surface area (Å²) in [5, 5.41) is 13.3. The number of carbonyl (C=O) groups excluding carboxylic acids is 3. The lowest BCUT2D eigenvalue weighted by Crippen LogP contribution is -2.71. The third-order valence-corrected chi connectivity index (χ3v) is 6.00. The normalized spacial score (nSPS) is 16.2. The average Bonchev–Trinajstić information content (AvgIpc) is 3.29. The van der Waals surface area contributed by atoms with Crippen LogP contribution < -0.4 is 10.6 Å². The van der Waals surface area contributed by atoms with Crippen molar-refractivity contribution in [1.29, 1.82) is 5.26 Å². The molecule has 2 aromatic rings. The first-order valence-corrected chi connectivity index (χ1v) is 10.2. The van der Waals surface area contributed by atoms with Crippen LogP contribution in [0.25, 0.3) is 0 Å². The highest BCUT2D eigenvalue weighted by atomic mass is 19.4. The van der Waals surface area contributed by atoms with E-state index in [1.165, 1.54) is 17.6 Å². The van der Waals surface area contributed by atoms with Crippen LogP contribution in [0.4, 0.5) is 23.2 Å². The molecule has 1 aromatic heterocycles. The van der Waals surface area contributed by atoms with Crippen LogP contribution in [0.1, 0.15) is 44.1 Å². The lowest BCUT2D eigenvalue weighted by molar-refractivity contribution is -0.265. The van der Waals surface area contributed by atoms with Crippen molar-refractivity contribution in [1.82, 2.24) is 9.88 Å². The van der Waals surface area contributed by atoms with Crippen LogP contribution in [0.3, 0.4) is 0 Å². The molecule has 1 aromatic carbocycles. The van der Waals surface area contributed by atoms with Gasteiger partial charge in [0.15, 0.2) is 5.54 Å². The van der Waals surface area contributed by atoms with Crippen LogP contribution in [0.15, 0.2) is 18.2 Å². The van der Waals surface area contributed by atoms with Crippen molar-refractivity contribution >= 4 is 23.3 Å². The minimum atomic E-state index is -4.81. The molecule has 178 valence electrons. The number of halogens is 4. The summed E-state index contributed by atoms with van der Waals surface area (Å²) in [4.78, 5) is 38.5. The largest absolute Gasteiger partial charge is 0.416 e. The van der Waals surface area contributed by atoms with E-state index in [1.54, 1.807) is 11.4 Å². The van der Waals surface area contributed by atoms with Crippen molar-refractivity contribution in [3.05, 3.63) is 52.1 Å². The molecule has 0 aliphatic carbocycles. The van der Waals surface area contributed by atoms with E-state index >= 15 is 0 Å². The predicted molar refractivity (Wildman–Crippen MR) is 109 cm³/mol. The molecule has 4 rings (SSSR count). The van der Waals surface area contributed by atoms with Crippen LogP contribution in [0, 0.1) is 24.1 Å². The Bertz CT molecular complexity index is 1260. The van der Waals surface area contributed by atoms with Crippen LogP contribution in [0.5, 0.6) is 0 Å². The van der Waals surface area contributed by atoms with Gasteiger partial charge < -0.3 is 19.9 Å². The molecule has 34 heavy (non-hydrogen) atoms. The molecule has 0 saturated carbocycles. The van der Waals surface area contributed by atoms with Gasteiger partial charge in [-0.2, -0.15) is 18.4 Å². The van der Waals surface area contributed by atoms with Gasteiger partial charge >= 0.3 is 6.18 Å². The molecule has 1 fully saturated rings. The molecule has 2 aliphatic rings. The highest BCUT2D eigenvalue weighted by Gasteiger charge is 2.61. The zero-order chi connectivity index (χ0) is 24.8. The van der Waals surface area contributed by atoms with Crippen molar-refractivity contribution in [3.63, 3.8) is 0 Å². The van der Waals surface area contributed by atoms with Gasteiger partial charge in [-0.15, -0.1) is 0 Å². The Labute approximate surface area is 190 Å². The number of benzene rings is 1. The molecule has 8 nitrogen and oxygen atoms in total. The number of alkyl halides is 3. The number of amides is 2. The topological polar surface area (TPSA) is 113 Å². The number of rotatable bonds is 5. The average molecular weight is 478 g/mol. The molecule has 0 unspecified atom stereocenters. The highest BCUT2D eigenvalue weighted by molar-refractivity contribution is 6.43. The Hall–Kier alpha value is -3.72. The van der Waals surface area contributed by atoms with E-state index in [4.69, 9.17) is 5.26 Å². The third kappa shape index (κ3) is 3.71. The number of Topliss-reactive ketones (excluding diaryl/α,β-unsaturated/α-hetero) is 1. The van der Waals surface area contributed by atoms with Gasteiger partial charge in [-0.05, 0) is 43.5 Å². The van der Waals surface area contributed by atoms with Gasteiger partial charge in [0.25, 0.3) is 17.6 Å². The van der Waals surface area contributed by atoms with E-state index in [0.717, 1.165) is 12.1 Å². The molecule has 1 saturated heterocycles. The number of carbonyl (C=O) groups is 3. The number of aromatic nitrogens is 1. The molecule has 2 N–H and O–H groups in total. The fourth-order valence-corrected chi connectivity index (χ4v) is 4.19. The molecule has 3 heterocycles. The summed E-state index contributed by atoms with van der Waals surface area (Å²) < 4.78 is 59.8. The van der Waals surface area contributed by atoms with Gasteiger partial charge in [0, 0.05) is 17.9 Å². The predicted octanol–water partition coefficient (Wildman–Crippen LogP) is 2.64. The summed E-state index contributed by atoms with van der Waals surface area (Å²) in [6, 6.07) is 5.09. The number of nitrogens with one attached hydrogen (secondary N) is 2. The fraction of sp³-hybridized carbons (Fsp3) is 0.364. The first-order valence-electron chi connectivity index (χ1n) is 10.2. The maximum Gasteiger partial charge on any atom is 0.416 e. The second-order valence-corrected chi connectivity index (χ2v) is 8.17. The molecule has 12 heteroatoms. The number of ether oxygens (including phenoxy) is 1. The van der Waals surface area contributed by atoms with E-state index in [2.05, 4.69) is 10.1 Å². The Morgan fingerprint density at radius 2 is 1.94 bits per heavy atom. The standard InChI is InChI=1S/C22H18F4N4O4/c1-11-16(19(32)28-13-4-5-14(23)12(7-13)8-27)15-3-2-6-30(15)17(11)18(31)20(33)29-21(9-34-10-21)22(24,25)26/h4-5,7H,2-3,6,9-10H2,1H3,(H,28,32)(H,29,33). The van der Waals surface area contributed by atoms with Gasteiger partial charge in [-0.25, -0.2) is 4.39 Å². The van der Waals surface area contributed by atoms with Crippen LogP contribution in [0.2, 0.25) is 0 Å². The molecular formula is C22H18F4N4O4. The molecule has 2 aliphatic heterocycles. The van der Waals surface area contributed by atoms with Crippen molar-refractivity contribution in [2.24, 2.45) is 0 Å². The Morgan fingerprint density at radius 3 is 2.53 bits per heavy atom. The summed E-state index contributed by atoms with van der Waals surface area (Å²) in [7, 11) is 0. The monoisotopic (exact) mass is 478 g/mol. The number of anilines is 1. The summed E-state index contributed by atoms with van der Waals surface area (Å²) >= 11 is 0. The number of nitriles is 1. The van der Waals surface area contributed by atoms with Gasteiger partial charge in [0.2, 0.25) is 0 Å². The van der Waals surface area contributed by atoms with Crippen molar-refractivity contribution < 1.29 is 36.7 Å². The maximum absolute atomic E-state index is 13.6. The second-order valence-electron chi connectivity index (χ2n) is 8.17. The second kappa shape index (κ2) is 8.25. The lowest BCUT2D eigenvalue weighted by atomic mass is 9.96. The van der Waals surface area contributed by atoms with Crippen molar-refractivity contribution in [2.45, 2.75) is 38.0 Å². The summed E-state index contributed by atoms with van der Waals surface area (Å²) in [5.74, 6) is -4.05. The van der Waals surface area contributed by atoms with Gasteiger partial charge in [0.1, 0.15) is 11.9 Å². The van der Waals surface area contributed by atoms with E-state index in [0.29, 0.717) is 25.1 Å². The molecule has 0 atom stereocenters. The quantitative estimate of drug-likeness (QED) is 0.390. The van der Waals surface area contributed by atoms with E-state index in [1.807, 2.05) is 0 Å². The Kier molecular flexibility index (Phi) is 5.69. The van der Waals surface area contributed by atoms with Crippen LogP contribution in [-0.2, 0) is 22.5 Å². The van der Waals surface area contributed by atoms with Crippen LogP contribution in [-0.4, -0.2) is 47.1 Å². The number of ketones is 1. The molecular weight excluding hydrogens is 460 g/mol. The summed E-state index contributed by atoms with van der Waals surface area (Å²) in [6.07, 6.45) is -3.83. The summed E-state index contributed by atoms with van der Waals surface area (Å²) in [6.45, 7) is 0.145. The molecule has 0 radical (unpaired) electrons. The van der Waals surface area contributed by atoms with Crippen molar-refractivity contribution in [3.8, 4) is 6.07 Å². The highest BCUT2D eigenvalue weighted by Crippen LogP contribution is 2.36. The zero-order valence-corrected chi connectivity index (χ0v) is 17.8. The first-order chi connectivity index (χ1) is 16.0. The molecule has 2 amide bonds. The third-order valence-electron chi connectivity index (χ3n) is 6.00. The van der Waals surface area contributed by atoms with Gasteiger partial charge in [-0.1, -0.05) is 0 Å². The van der Waals surface area contributed by atoms with E-state index < -0.39 is 48.3 Å². The number of fused-ring (bicyclic) bond motifs is 1. The Morgan fingerprint density at radius 1 is 1.24 bits per heavy atom. The lowest BCUT2D eigenvalue weighted by Gasteiger charge is -2.42. The minimum Gasteiger partial charge on any atom is -0.376 e. The van der Waals surface area contributed by atoms with Gasteiger partial charge in [-0.3, -0.25) is 14.4 Å². The molecule has 0 spiro atoms. The first kappa shape index (κ1) is 23.4. The van der Waals surface area contributed by atoms with E-state index in [9.17, 15) is 31.9 Å². The van der Waals surface area contributed by atoms with E-state index in [-0.39, 0.29) is 28.1 Å². The maximum atomic E-state index is 13.6. The SMILES string of the molecule is Cc1c(C(=O)Nc2ccc(F)c(C#N)c2)c2n(c1C(=O)C(=O)NC1(C(F)(F)F)COC1)CCC2. The zero-order valence-electron chi connectivity index (χ0n) is 17.8. The van der Waals surface area contributed by atoms with Crippen LogP contribution >= 0.6 is 0 Å². The smallest absolute Gasteiger partial charge is 0.376 e. The van der Waals surface area contributed by atoms with Crippen molar-refractivity contribution in [2.75, 3.05) is 18.5 Å². The fourth-order valence-electron chi connectivity index (χ4n) is 4.19.